The molecular weight excluding hydrogens is 384 g/mol. The van der Waals surface area contributed by atoms with Gasteiger partial charge >= 0.3 is 0 Å². The highest BCUT2D eigenvalue weighted by molar-refractivity contribution is 7.92. The van der Waals surface area contributed by atoms with Gasteiger partial charge in [-0.15, -0.1) is 0 Å². The van der Waals surface area contributed by atoms with E-state index in [1.165, 1.54) is 12.8 Å². The lowest BCUT2D eigenvalue weighted by Gasteiger charge is -2.43. The second-order valence-electron chi connectivity index (χ2n) is 9.66. The zero-order valence-corrected chi connectivity index (χ0v) is 19.3. The molecule has 0 radical (unpaired) electrons. The van der Waals surface area contributed by atoms with Gasteiger partial charge in [-0.3, -0.25) is 0 Å². The Balaban J connectivity index is 1.58. The number of piperidine rings is 2. The van der Waals surface area contributed by atoms with E-state index in [-0.39, 0.29) is 0 Å². The monoisotopic (exact) mass is 422 g/mol. The van der Waals surface area contributed by atoms with Gasteiger partial charge in [0.1, 0.15) is 0 Å². The third-order valence-electron chi connectivity index (χ3n) is 6.92. The Bertz CT molecular complexity index is 775. The number of aliphatic hydroxyl groups is 1. The van der Waals surface area contributed by atoms with Gasteiger partial charge in [-0.1, -0.05) is 19.9 Å². The third-order valence-corrected chi connectivity index (χ3v) is 9.07. The topological polar surface area (TPSA) is 60.9 Å². The van der Waals surface area contributed by atoms with Crippen molar-refractivity contribution in [1.82, 2.24) is 4.90 Å². The molecule has 6 heteroatoms. The smallest absolute Gasteiger partial charge is 0.180 e. The summed E-state index contributed by atoms with van der Waals surface area (Å²) in [6.07, 6.45) is 3.91. The highest BCUT2D eigenvalue weighted by atomic mass is 32.2. The predicted molar refractivity (Wildman–Crippen MR) is 119 cm³/mol. The highest BCUT2D eigenvalue weighted by Gasteiger charge is 2.35. The lowest BCUT2D eigenvalue weighted by Crippen LogP contribution is -2.52. The molecule has 1 aromatic rings. The number of sulfone groups is 1. The van der Waals surface area contributed by atoms with E-state index in [0.29, 0.717) is 4.90 Å². The van der Waals surface area contributed by atoms with Crippen LogP contribution in [0.15, 0.2) is 29.2 Å². The van der Waals surface area contributed by atoms with Gasteiger partial charge in [0.15, 0.2) is 9.84 Å². The van der Waals surface area contributed by atoms with Gasteiger partial charge in [0.25, 0.3) is 0 Å². The largest absolute Gasteiger partial charge is 0.388 e. The number of hydrogen-bond donors (Lipinski definition) is 1. The molecule has 0 saturated carbocycles. The second-order valence-corrected chi connectivity index (χ2v) is 12.2. The van der Waals surface area contributed by atoms with Crippen LogP contribution < -0.4 is 4.90 Å². The summed E-state index contributed by atoms with van der Waals surface area (Å²) in [7, 11) is -3.27. The normalized spacial score (nSPS) is 21.8. The van der Waals surface area contributed by atoms with Crippen LogP contribution in [0.25, 0.3) is 0 Å². The average molecular weight is 423 g/mol. The molecule has 0 aromatic heterocycles. The van der Waals surface area contributed by atoms with Crippen LogP contribution in [0.2, 0.25) is 0 Å². The van der Waals surface area contributed by atoms with Crippen LogP contribution >= 0.6 is 0 Å². The van der Waals surface area contributed by atoms with Crippen molar-refractivity contribution in [3.63, 3.8) is 0 Å². The Hall–Kier alpha value is -1.11. The van der Waals surface area contributed by atoms with Crippen molar-refractivity contribution in [2.24, 2.45) is 11.8 Å². The van der Waals surface area contributed by atoms with Crippen molar-refractivity contribution in [3.8, 4) is 0 Å². The first-order valence-corrected chi connectivity index (χ1v) is 12.7. The molecule has 2 heterocycles. The number of hydrogen-bond acceptors (Lipinski definition) is 5. The standard InChI is InChI=1S/C23H38N2O3S/c1-18(2)20-8-12-24(13-9-20)17-23(26)10-14-25(15-11-23)21-6-5-7-22(16-21)29(27,28)19(3)4/h5-7,16,18-20,26H,8-15,17H2,1-4H3. The summed E-state index contributed by atoms with van der Waals surface area (Å²) in [4.78, 5) is 5.03. The van der Waals surface area contributed by atoms with Crippen molar-refractivity contribution < 1.29 is 13.5 Å². The predicted octanol–water partition coefficient (Wildman–Crippen LogP) is 3.57. The minimum Gasteiger partial charge on any atom is -0.388 e. The fourth-order valence-corrected chi connectivity index (χ4v) is 5.76. The van der Waals surface area contributed by atoms with Gasteiger partial charge in [0.2, 0.25) is 0 Å². The van der Waals surface area contributed by atoms with Crippen molar-refractivity contribution >= 4 is 15.5 Å². The SMILES string of the molecule is CC(C)C1CCN(CC2(O)CCN(c3cccc(S(=O)(=O)C(C)C)c3)CC2)CC1. The Labute approximate surface area is 177 Å². The summed E-state index contributed by atoms with van der Waals surface area (Å²) in [6.45, 7) is 12.5. The minimum atomic E-state index is -3.27. The number of rotatable bonds is 6. The molecule has 2 aliphatic rings. The van der Waals surface area contributed by atoms with Crippen LogP contribution in [-0.4, -0.2) is 62.0 Å². The van der Waals surface area contributed by atoms with Crippen molar-refractivity contribution in [1.29, 1.82) is 0 Å². The van der Waals surface area contributed by atoms with E-state index >= 15 is 0 Å². The molecule has 1 N–H and O–H groups in total. The van der Waals surface area contributed by atoms with Crippen LogP contribution in [0.4, 0.5) is 5.69 Å². The maximum absolute atomic E-state index is 12.5. The second kappa shape index (κ2) is 8.94. The van der Waals surface area contributed by atoms with E-state index < -0.39 is 20.7 Å². The van der Waals surface area contributed by atoms with Crippen molar-refractivity contribution in [3.05, 3.63) is 24.3 Å². The first kappa shape index (κ1) is 22.6. The molecule has 2 saturated heterocycles. The molecule has 29 heavy (non-hydrogen) atoms. The molecule has 164 valence electrons. The molecule has 0 bridgehead atoms. The van der Waals surface area contributed by atoms with Crippen LogP contribution in [0.3, 0.4) is 0 Å². The highest BCUT2D eigenvalue weighted by Crippen LogP contribution is 2.31. The van der Waals surface area contributed by atoms with Gasteiger partial charge in [-0.2, -0.15) is 0 Å². The molecule has 0 spiro atoms. The van der Waals surface area contributed by atoms with Gasteiger partial charge < -0.3 is 14.9 Å². The van der Waals surface area contributed by atoms with Crippen molar-refractivity contribution in [2.45, 2.75) is 69.1 Å². The molecule has 1 aromatic carbocycles. The van der Waals surface area contributed by atoms with E-state index in [1.807, 2.05) is 12.1 Å². The molecule has 0 unspecified atom stereocenters. The molecule has 0 amide bonds. The van der Waals surface area contributed by atoms with E-state index in [9.17, 15) is 13.5 Å². The third kappa shape index (κ3) is 5.33. The maximum Gasteiger partial charge on any atom is 0.180 e. The number of anilines is 1. The number of benzene rings is 1. The first-order chi connectivity index (χ1) is 13.6. The maximum atomic E-state index is 12.5. The summed E-state index contributed by atoms with van der Waals surface area (Å²) in [6, 6.07) is 7.26. The molecular formula is C23H38N2O3S. The summed E-state index contributed by atoms with van der Waals surface area (Å²) >= 11 is 0. The summed E-state index contributed by atoms with van der Waals surface area (Å²) in [5, 5.41) is 10.7. The molecule has 0 atom stereocenters. The fourth-order valence-electron chi connectivity index (χ4n) is 4.66. The number of β-amino-alcohol motifs (C(OH)–C–C–N with tert-alkyl or cyclic N) is 1. The van der Waals surface area contributed by atoms with E-state index in [0.717, 1.165) is 63.1 Å². The lowest BCUT2D eigenvalue weighted by atomic mass is 9.85. The fraction of sp³-hybridized carbons (Fsp3) is 0.739. The van der Waals surface area contributed by atoms with Gasteiger partial charge in [0.05, 0.1) is 15.7 Å². The summed E-state index contributed by atoms with van der Waals surface area (Å²) < 4.78 is 25.0. The number of likely N-dealkylation sites (tertiary alicyclic amines) is 1. The quantitative estimate of drug-likeness (QED) is 0.759. The van der Waals surface area contributed by atoms with E-state index in [4.69, 9.17) is 0 Å². The van der Waals surface area contributed by atoms with E-state index in [2.05, 4.69) is 23.6 Å². The minimum absolute atomic E-state index is 0.388. The Morgan fingerprint density at radius 2 is 1.69 bits per heavy atom. The van der Waals surface area contributed by atoms with Gasteiger partial charge in [-0.25, -0.2) is 8.42 Å². The molecule has 0 aliphatic carbocycles. The Morgan fingerprint density at radius 1 is 1.07 bits per heavy atom. The number of nitrogens with zero attached hydrogens (tertiary/aromatic N) is 2. The van der Waals surface area contributed by atoms with E-state index in [1.54, 1.807) is 26.0 Å². The van der Waals surface area contributed by atoms with Crippen LogP contribution in [0, 0.1) is 11.8 Å². The molecule has 2 fully saturated rings. The molecule has 3 rings (SSSR count). The van der Waals surface area contributed by atoms with Gasteiger partial charge in [-0.05, 0) is 82.7 Å². The van der Waals surface area contributed by atoms with Crippen LogP contribution in [0.5, 0.6) is 0 Å². The molecule has 2 aliphatic heterocycles. The Morgan fingerprint density at radius 3 is 2.24 bits per heavy atom. The van der Waals surface area contributed by atoms with Gasteiger partial charge in [0, 0.05) is 25.3 Å². The lowest BCUT2D eigenvalue weighted by molar-refractivity contribution is -0.0249. The first-order valence-electron chi connectivity index (χ1n) is 11.1. The van der Waals surface area contributed by atoms with Crippen LogP contribution in [-0.2, 0) is 9.84 Å². The average Bonchev–Trinajstić information content (AvgIpc) is 2.68. The van der Waals surface area contributed by atoms with Crippen molar-refractivity contribution in [2.75, 3.05) is 37.6 Å². The zero-order valence-electron chi connectivity index (χ0n) is 18.5. The molecule has 5 nitrogen and oxygen atoms in total. The summed E-state index contributed by atoms with van der Waals surface area (Å²) in [5.74, 6) is 1.57. The Kier molecular flexibility index (Phi) is 6.96. The summed E-state index contributed by atoms with van der Waals surface area (Å²) in [5.41, 5.74) is 0.300. The zero-order chi connectivity index (χ0) is 21.2. The van der Waals surface area contributed by atoms with Crippen LogP contribution in [0.1, 0.15) is 53.4 Å².